The van der Waals surface area contributed by atoms with Crippen molar-refractivity contribution in [2.75, 3.05) is 5.32 Å². The molecular formula is C12H15N3O4. The minimum atomic E-state index is -1.22. The van der Waals surface area contributed by atoms with Crippen molar-refractivity contribution in [3.63, 3.8) is 0 Å². The van der Waals surface area contributed by atoms with Gasteiger partial charge >= 0.3 is 12.0 Å². The van der Waals surface area contributed by atoms with Gasteiger partial charge in [0.2, 0.25) is 5.91 Å². The fourth-order valence-electron chi connectivity index (χ4n) is 1.39. The van der Waals surface area contributed by atoms with E-state index in [0.717, 1.165) is 0 Å². The Balaban J connectivity index is 2.52. The average Bonchev–Trinajstić information content (AvgIpc) is 2.35. The van der Waals surface area contributed by atoms with Crippen LogP contribution < -0.4 is 16.4 Å². The van der Waals surface area contributed by atoms with Gasteiger partial charge in [-0.05, 0) is 18.6 Å². The normalized spacial score (nSPS) is 11.4. The highest BCUT2D eigenvalue weighted by Gasteiger charge is 2.20. The number of nitrogens with two attached hydrogens (primary N) is 1. The van der Waals surface area contributed by atoms with E-state index in [0.29, 0.717) is 5.69 Å². The molecule has 7 nitrogen and oxygen atoms in total. The maximum absolute atomic E-state index is 11.6. The van der Waals surface area contributed by atoms with Gasteiger partial charge in [-0.3, -0.25) is 4.79 Å². The van der Waals surface area contributed by atoms with Gasteiger partial charge in [-0.2, -0.15) is 0 Å². The zero-order valence-electron chi connectivity index (χ0n) is 10.1. The number of amides is 3. The molecule has 0 radical (unpaired) electrons. The molecule has 102 valence electrons. The van der Waals surface area contributed by atoms with Crippen LogP contribution in [0.2, 0.25) is 0 Å². The monoisotopic (exact) mass is 265 g/mol. The van der Waals surface area contributed by atoms with Gasteiger partial charge in [0.05, 0.1) is 0 Å². The standard InChI is InChI=1S/C12H15N3O4/c13-10(16)7-6-9(11(17)18)15-12(19)14-8-4-2-1-3-5-8/h1-5,9H,6-7H2,(H2,13,16)(H,17,18)(H2,14,15,19)/t9-/m0/s1. The predicted molar refractivity (Wildman–Crippen MR) is 68.4 cm³/mol. The molecule has 0 unspecified atom stereocenters. The molecule has 0 fully saturated rings. The SMILES string of the molecule is NC(=O)CC[C@H](NC(=O)Nc1ccccc1)C(=O)O. The van der Waals surface area contributed by atoms with E-state index < -0.39 is 23.9 Å². The third-order valence-corrected chi connectivity index (χ3v) is 2.31. The lowest BCUT2D eigenvalue weighted by atomic mass is 10.1. The largest absolute Gasteiger partial charge is 0.480 e. The van der Waals surface area contributed by atoms with Gasteiger partial charge in [0.25, 0.3) is 0 Å². The minimum absolute atomic E-state index is 0.0487. The number of benzene rings is 1. The van der Waals surface area contributed by atoms with Crippen molar-refractivity contribution >= 4 is 23.6 Å². The summed E-state index contributed by atoms with van der Waals surface area (Å²) in [6.07, 6.45) is -0.157. The number of aliphatic carboxylic acids is 1. The van der Waals surface area contributed by atoms with E-state index >= 15 is 0 Å². The van der Waals surface area contributed by atoms with Crippen LogP contribution in [0.1, 0.15) is 12.8 Å². The Labute approximate surface area is 109 Å². The highest BCUT2D eigenvalue weighted by Crippen LogP contribution is 2.05. The molecule has 19 heavy (non-hydrogen) atoms. The molecule has 0 spiro atoms. The molecule has 0 bridgehead atoms. The van der Waals surface area contributed by atoms with Crippen LogP contribution in [0.4, 0.5) is 10.5 Å². The van der Waals surface area contributed by atoms with E-state index in [1.165, 1.54) is 0 Å². The molecule has 1 rings (SSSR count). The summed E-state index contributed by atoms with van der Waals surface area (Å²) in [5.41, 5.74) is 5.48. The zero-order valence-corrected chi connectivity index (χ0v) is 10.1. The van der Waals surface area contributed by atoms with Crippen molar-refractivity contribution in [3.05, 3.63) is 30.3 Å². The van der Waals surface area contributed by atoms with Crippen molar-refractivity contribution in [3.8, 4) is 0 Å². The van der Waals surface area contributed by atoms with Crippen LogP contribution in [-0.4, -0.2) is 29.1 Å². The lowest BCUT2D eigenvalue weighted by Crippen LogP contribution is -2.43. The highest BCUT2D eigenvalue weighted by molar-refractivity contribution is 5.92. The number of carbonyl (C=O) groups is 3. The van der Waals surface area contributed by atoms with Gasteiger partial charge in [0.15, 0.2) is 0 Å². The number of carboxylic acids is 1. The minimum Gasteiger partial charge on any atom is -0.480 e. The van der Waals surface area contributed by atoms with E-state index in [1.807, 2.05) is 0 Å². The van der Waals surface area contributed by atoms with Crippen LogP contribution in [0.15, 0.2) is 30.3 Å². The summed E-state index contributed by atoms with van der Waals surface area (Å²) in [4.78, 5) is 33.1. The number of hydrogen-bond acceptors (Lipinski definition) is 3. The number of urea groups is 1. The third-order valence-electron chi connectivity index (χ3n) is 2.31. The maximum atomic E-state index is 11.6. The van der Waals surface area contributed by atoms with E-state index in [4.69, 9.17) is 10.8 Å². The fraction of sp³-hybridized carbons (Fsp3) is 0.250. The summed E-state index contributed by atoms with van der Waals surface area (Å²) in [6, 6.07) is 6.78. The number of carbonyl (C=O) groups excluding carboxylic acids is 2. The summed E-state index contributed by atoms with van der Waals surface area (Å²) in [7, 11) is 0. The third kappa shape index (κ3) is 5.53. The van der Waals surface area contributed by atoms with Crippen LogP contribution in [0.3, 0.4) is 0 Å². The Morgan fingerprint density at radius 3 is 2.37 bits per heavy atom. The van der Waals surface area contributed by atoms with Crippen molar-refractivity contribution in [2.24, 2.45) is 5.73 Å². The van der Waals surface area contributed by atoms with E-state index in [1.54, 1.807) is 30.3 Å². The Bertz CT molecular complexity index is 461. The Kier molecular flexibility index (Phi) is 5.34. The Morgan fingerprint density at radius 2 is 1.84 bits per heavy atom. The first kappa shape index (κ1) is 14.5. The van der Waals surface area contributed by atoms with Crippen LogP contribution in [0.5, 0.6) is 0 Å². The van der Waals surface area contributed by atoms with Crippen LogP contribution in [-0.2, 0) is 9.59 Å². The van der Waals surface area contributed by atoms with Gasteiger partial charge in [0, 0.05) is 12.1 Å². The molecule has 1 aromatic carbocycles. The maximum Gasteiger partial charge on any atom is 0.326 e. The molecule has 7 heteroatoms. The summed E-state index contributed by atoms with van der Waals surface area (Å²) >= 11 is 0. The fourth-order valence-corrected chi connectivity index (χ4v) is 1.39. The first-order valence-electron chi connectivity index (χ1n) is 5.62. The van der Waals surface area contributed by atoms with E-state index in [-0.39, 0.29) is 12.8 Å². The second kappa shape index (κ2) is 7.00. The molecule has 0 heterocycles. The predicted octanol–water partition coefficient (Wildman–Crippen LogP) is 0.527. The average molecular weight is 265 g/mol. The highest BCUT2D eigenvalue weighted by atomic mass is 16.4. The number of primary amides is 1. The topological polar surface area (TPSA) is 122 Å². The van der Waals surface area contributed by atoms with Crippen LogP contribution in [0, 0.1) is 0 Å². The van der Waals surface area contributed by atoms with Crippen LogP contribution in [0.25, 0.3) is 0 Å². The molecule has 3 amide bonds. The van der Waals surface area contributed by atoms with Crippen molar-refractivity contribution in [1.29, 1.82) is 0 Å². The smallest absolute Gasteiger partial charge is 0.326 e. The van der Waals surface area contributed by atoms with Crippen molar-refractivity contribution in [1.82, 2.24) is 5.32 Å². The molecular weight excluding hydrogens is 250 g/mol. The molecule has 0 aromatic heterocycles. The second-order valence-electron chi connectivity index (χ2n) is 3.86. The van der Waals surface area contributed by atoms with E-state index in [2.05, 4.69) is 10.6 Å². The second-order valence-corrected chi connectivity index (χ2v) is 3.86. The van der Waals surface area contributed by atoms with Crippen molar-refractivity contribution in [2.45, 2.75) is 18.9 Å². The molecule has 0 aliphatic carbocycles. The number of para-hydroxylation sites is 1. The molecule has 1 atom stereocenters. The van der Waals surface area contributed by atoms with Gasteiger partial charge in [-0.25, -0.2) is 9.59 Å². The Morgan fingerprint density at radius 1 is 1.21 bits per heavy atom. The molecule has 0 saturated heterocycles. The zero-order chi connectivity index (χ0) is 14.3. The molecule has 0 aliphatic heterocycles. The molecule has 5 N–H and O–H groups in total. The lowest BCUT2D eigenvalue weighted by molar-refractivity contribution is -0.139. The van der Waals surface area contributed by atoms with Gasteiger partial charge in [-0.15, -0.1) is 0 Å². The first-order chi connectivity index (χ1) is 8.99. The Hall–Kier alpha value is -2.57. The molecule has 0 saturated carbocycles. The summed E-state index contributed by atoms with van der Waals surface area (Å²) in [6.45, 7) is 0. The number of nitrogens with one attached hydrogen (secondary N) is 2. The summed E-state index contributed by atoms with van der Waals surface area (Å²) < 4.78 is 0. The van der Waals surface area contributed by atoms with E-state index in [9.17, 15) is 14.4 Å². The lowest BCUT2D eigenvalue weighted by Gasteiger charge is -2.14. The summed E-state index contributed by atoms with van der Waals surface area (Å²) in [5.74, 6) is -1.83. The first-order valence-corrected chi connectivity index (χ1v) is 5.62. The molecule has 0 aliphatic rings. The van der Waals surface area contributed by atoms with Gasteiger partial charge < -0.3 is 21.5 Å². The number of carboxylic acid groups (broad SMARTS) is 1. The summed E-state index contributed by atoms with van der Waals surface area (Å²) in [5, 5.41) is 13.7. The number of rotatable bonds is 6. The van der Waals surface area contributed by atoms with Crippen LogP contribution >= 0.6 is 0 Å². The van der Waals surface area contributed by atoms with Gasteiger partial charge in [-0.1, -0.05) is 18.2 Å². The molecule has 1 aromatic rings. The van der Waals surface area contributed by atoms with Crippen molar-refractivity contribution < 1.29 is 19.5 Å². The van der Waals surface area contributed by atoms with Gasteiger partial charge in [0.1, 0.15) is 6.04 Å². The number of anilines is 1. The quantitative estimate of drug-likeness (QED) is 0.599. The number of hydrogen-bond donors (Lipinski definition) is 4.